The van der Waals surface area contributed by atoms with E-state index in [1.165, 1.54) is 0 Å². The SMILES string of the molecule is Cc1cccc(NC(=O)Cc2ccc(NC3=C(Cl)C(=O)N(c4cccc(Cl)c4C)C3=O)cc2)c1. The van der Waals surface area contributed by atoms with E-state index in [2.05, 4.69) is 10.6 Å². The number of rotatable bonds is 6. The van der Waals surface area contributed by atoms with Crippen LogP contribution in [0.1, 0.15) is 16.7 Å². The Morgan fingerprint density at radius 3 is 2.29 bits per heavy atom. The molecule has 1 aliphatic rings. The number of imide groups is 1. The van der Waals surface area contributed by atoms with Gasteiger partial charge in [-0.2, -0.15) is 0 Å². The molecule has 3 amide bonds. The number of anilines is 3. The summed E-state index contributed by atoms with van der Waals surface area (Å²) in [7, 11) is 0. The van der Waals surface area contributed by atoms with Crippen LogP contribution in [0.15, 0.2) is 77.5 Å². The summed E-state index contributed by atoms with van der Waals surface area (Å²) in [5, 5.41) is 6.05. The lowest BCUT2D eigenvalue weighted by Crippen LogP contribution is -2.32. The van der Waals surface area contributed by atoms with Gasteiger partial charge >= 0.3 is 0 Å². The molecule has 0 bridgehead atoms. The first-order valence-corrected chi connectivity index (χ1v) is 11.3. The average molecular weight is 494 g/mol. The summed E-state index contributed by atoms with van der Waals surface area (Å²) in [6, 6.07) is 19.5. The molecule has 0 atom stereocenters. The maximum absolute atomic E-state index is 13.0. The smallest absolute Gasteiger partial charge is 0.283 e. The Balaban J connectivity index is 1.44. The summed E-state index contributed by atoms with van der Waals surface area (Å²) >= 11 is 12.4. The number of aryl methyl sites for hydroxylation is 1. The molecule has 1 aliphatic heterocycles. The van der Waals surface area contributed by atoms with Gasteiger partial charge in [-0.05, 0) is 66.9 Å². The lowest BCUT2D eigenvalue weighted by Gasteiger charge is -2.18. The molecule has 0 spiro atoms. The molecule has 4 rings (SSSR count). The summed E-state index contributed by atoms with van der Waals surface area (Å²) in [4.78, 5) is 39.1. The lowest BCUT2D eigenvalue weighted by molar-refractivity contribution is -0.120. The van der Waals surface area contributed by atoms with E-state index in [-0.39, 0.29) is 23.1 Å². The van der Waals surface area contributed by atoms with Crippen molar-refractivity contribution in [3.63, 3.8) is 0 Å². The average Bonchev–Trinajstić information content (AvgIpc) is 3.00. The van der Waals surface area contributed by atoms with Gasteiger partial charge in [0.2, 0.25) is 5.91 Å². The number of hydrogen-bond donors (Lipinski definition) is 2. The number of carbonyl (C=O) groups excluding carboxylic acids is 3. The molecule has 172 valence electrons. The number of amides is 3. The molecule has 0 saturated heterocycles. The molecule has 3 aromatic rings. The molecule has 6 nitrogen and oxygen atoms in total. The predicted octanol–water partition coefficient (Wildman–Crippen LogP) is 5.57. The lowest BCUT2D eigenvalue weighted by atomic mass is 10.1. The number of hydrogen-bond acceptors (Lipinski definition) is 4. The Hall–Kier alpha value is -3.61. The zero-order valence-corrected chi connectivity index (χ0v) is 20.0. The predicted molar refractivity (Wildman–Crippen MR) is 135 cm³/mol. The van der Waals surface area contributed by atoms with Crippen molar-refractivity contribution in [3.8, 4) is 0 Å². The minimum Gasteiger partial charge on any atom is -0.350 e. The number of benzene rings is 3. The molecule has 3 aromatic carbocycles. The molecule has 2 N–H and O–H groups in total. The van der Waals surface area contributed by atoms with Crippen LogP contribution in [0.5, 0.6) is 0 Å². The van der Waals surface area contributed by atoms with Gasteiger partial charge in [0.05, 0.1) is 12.1 Å². The van der Waals surface area contributed by atoms with Crippen LogP contribution < -0.4 is 15.5 Å². The van der Waals surface area contributed by atoms with Crippen molar-refractivity contribution < 1.29 is 14.4 Å². The number of carbonyl (C=O) groups is 3. The molecular weight excluding hydrogens is 473 g/mol. The molecule has 0 unspecified atom stereocenters. The van der Waals surface area contributed by atoms with Crippen LogP contribution in [-0.4, -0.2) is 17.7 Å². The minimum absolute atomic E-state index is 0.0176. The first-order chi connectivity index (χ1) is 16.2. The van der Waals surface area contributed by atoms with E-state index in [9.17, 15) is 14.4 Å². The third-order valence-corrected chi connectivity index (χ3v) is 6.16. The summed E-state index contributed by atoms with van der Waals surface area (Å²) in [6.45, 7) is 3.69. The van der Waals surface area contributed by atoms with Crippen LogP contribution in [0.25, 0.3) is 0 Å². The summed E-state index contributed by atoms with van der Waals surface area (Å²) < 4.78 is 0. The molecule has 34 heavy (non-hydrogen) atoms. The van der Waals surface area contributed by atoms with Gasteiger partial charge in [-0.15, -0.1) is 0 Å². The van der Waals surface area contributed by atoms with E-state index in [1.807, 2.05) is 31.2 Å². The highest BCUT2D eigenvalue weighted by Crippen LogP contribution is 2.34. The summed E-state index contributed by atoms with van der Waals surface area (Å²) in [5.74, 6) is -1.33. The molecule has 8 heteroatoms. The third-order valence-electron chi connectivity index (χ3n) is 5.40. The fourth-order valence-electron chi connectivity index (χ4n) is 3.63. The van der Waals surface area contributed by atoms with Crippen molar-refractivity contribution in [2.24, 2.45) is 0 Å². The van der Waals surface area contributed by atoms with Gasteiger partial charge in [0, 0.05) is 16.4 Å². The van der Waals surface area contributed by atoms with Crippen molar-refractivity contribution in [1.29, 1.82) is 0 Å². The molecular formula is C26H21Cl2N3O3. The van der Waals surface area contributed by atoms with Crippen LogP contribution in [0.2, 0.25) is 5.02 Å². The molecule has 1 heterocycles. The number of nitrogens with one attached hydrogen (secondary N) is 2. The maximum Gasteiger partial charge on any atom is 0.283 e. The maximum atomic E-state index is 13.0. The Kier molecular flexibility index (Phi) is 6.72. The molecule has 0 aromatic heterocycles. The Morgan fingerprint density at radius 2 is 1.59 bits per heavy atom. The Labute approximate surface area is 207 Å². The second-order valence-corrected chi connectivity index (χ2v) is 8.72. The second-order valence-electron chi connectivity index (χ2n) is 7.94. The largest absolute Gasteiger partial charge is 0.350 e. The van der Waals surface area contributed by atoms with Crippen molar-refractivity contribution in [3.05, 3.63) is 99.2 Å². The van der Waals surface area contributed by atoms with Gasteiger partial charge in [0.25, 0.3) is 11.8 Å². The first-order valence-electron chi connectivity index (χ1n) is 10.5. The molecule has 0 aliphatic carbocycles. The van der Waals surface area contributed by atoms with Gasteiger partial charge in [-0.3, -0.25) is 14.4 Å². The fraction of sp³-hybridized carbons (Fsp3) is 0.115. The van der Waals surface area contributed by atoms with Gasteiger partial charge < -0.3 is 10.6 Å². The first kappa shape index (κ1) is 23.5. The van der Waals surface area contributed by atoms with E-state index in [1.54, 1.807) is 49.4 Å². The van der Waals surface area contributed by atoms with Gasteiger partial charge in [0.15, 0.2) is 0 Å². The van der Waals surface area contributed by atoms with E-state index >= 15 is 0 Å². The normalized spacial score (nSPS) is 13.5. The summed E-state index contributed by atoms with van der Waals surface area (Å²) in [6.07, 6.45) is 0.191. The highest BCUT2D eigenvalue weighted by Gasteiger charge is 2.39. The zero-order chi connectivity index (χ0) is 24.4. The van der Waals surface area contributed by atoms with E-state index in [0.717, 1.165) is 21.7 Å². The van der Waals surface area contributed by atoms with Crippen molar-refractivity contribution >= 4 is 58.0 Å². The molecule has 0 saturated carbocycles. The van der Waals surface area contributed by atoms with E-state index in [4.69, 9.17) is 23.2 Å². The van der Waals surface area contributed by atoms with Gasteiger partial charge in [0.1, 0.15) is 10.7 Å². The van der Waals surface area contributed by atoms with E-state index in [0.29, 0.717) is 22.0 Å². The molecule has 0 radical (unpaired) electrons. The van der Waals surface area contributed by atoms with Crippen LogP contribution in [0.4, 0.5) is 17.1 Å². The Bertz CT molecular complexity index is 1330. The van der Waals surface area contributed by atoms with Crippen molar-refractivity contribution in [2.75, 3.05) is 15.5 Å². The number of halogens is 2. The Morgan fingerprint density at radius 1 is 0.882 bits per heavy atom. The highest BCUT2D eigenvalue weighted by molar-refractivity contribution is 6.53. The minimum atomic E-state index is -0.621. The number of nitrogens with zero attached hydrogens (tertiary/aromatic N) is 1. The van der Waals surface area contributed by atoms with Gasteiger partial charge in [-0.1, -0.05) is 53.5 Å². The standard InChI is InChI=1S/C26H21Cl2N3O3/c1-15-5-3-6-19(13-15)29-22(32)14-17-9-11-18(12-10-17)30-24-23(28)25(33)31(26(24)34)21-8-4-7-20(27)16(21)2/h3-13,30H,14H2,1-2H3,(H,29,32). The van der Waals surface area contributed by atoms with Crippen LogP contribution in [-0.2, 0) is 20.8 Å². The van der Waals surface area contributed by atoms with Gasteiger partial charge in [-0.25, -0.2) is 4.90 Å². The molecule has 0 fully saturated rings. The second kappa shape index (κ2) is 9.71. The van der Waals surface area contributed by atoms with E-state index < -0.39 is 11.8 Å². The summed E-state index contributed by atoms with van der Waals surface area (Å²) in [5.41, 5.74) is 4.12. The highest BCUT2D eigenvalue weighted by atomic mass is 35.5. The monoisotopic (exact) mass is 493 g/mol. The van der Waals surface area contributed by atoms with Crippen molar-refractivity contribution in [1.82, 2.24) is 0 Å². The quantitative estimate of drug-likeness (QED) is 0.439. The van der Waals surface area contributed by atoms with Crippen LogP contribution in [0.3, 0.4) is 0 Å². The topological polar surface area (TPSA) is 78.5 Å². The van der Waals surface area contributed by atoms with Crippen LogP contribution in [0, 0.1) is 13.8 Å². The zero-order valence-electron chi connectivity index (χ0n) is 18.5. The third kappa shape index (κ3) is 4.83. The van der Waals surface area contributed by atoms with Crippen molar-refractivity contribution in [2.45, 2.75) is 20.3 Å². The fourth-order valence-corrected chi connectivity index (χ4v) is 4.01. The van der Waals surface area contributed by atoms with Crippen LogP contribution >= 0.6 is 23.2 Å².